The van der Waals surface area contributed by atoms with Crippen LogP contribution in [0.1, 0.15) is 68.4 Å². The Morgan fingerprint density at radius 1 is 1.30 bits per heavy atom. The van der Waals surface area contributed by atoms with E-state index in [1.807, 2.05) is 6.07 Å². The average molecular weight is 274 g/mol. The van der Waals surface area contributed by atoms with E-state index < -0.39 is 0 Å². The summed E-state index contributed by atoms with van der Waals surface area (Å²) in [5.74, 6) is 0.932. The van der Waals surface area contributed by atoms with Crippen LogP contribution in [-0.2, 0) is 6.42 Å². The minimum absolute atomic E-state index is 0.0565. The molecule has 1 N–H and O–H groups in total. The zero-order valence-corrected chi connectivity index (χ0v) is 12.7. The number of carbonyl (C=O) groups excluding carboxylic acids is 1. The highest BCUT2D eigenvalue weighted by molar-refractivity contribution is 5.94. The number of nitrogens with zero attached hydrogens (tertiary/aromatic N) is 1. The summed E-state index contributed by atoms with van der Waals surface area (Å²) in [5, 5.41) is 3.18. The molecule has 1 aliphatic carbocycles. The van der Waals surface area contributed by atoms with Crippen LogP contribution in [0.4, 0.5) is 0 Å². The molecule has 0 spiro atoms. The molecule has 1 amide bonds. The standard InChI is InChI=1S/C17H26N2O/c1-3-5-13-6-8-16(9-7-13)19-17(20)14-10-11-18-15(4-2)12-14/h10-13,16H,3-9H2,1-2H3,(H,19,20). The van der Waals surface area contributed by atoms with Gasteiger partial charge in [-0.25, -0.2) is 0 Å². The number of hydrogen-bond donors (Lipinski definition) is 1. The van der Waals surface area contributed by atoms with E-state index >= 15 is 0 Å². The minimum Gasteiger partial charge on any atom is -0.349 e. The van der Waals surface area contributed by atoms with Crippen molar-refractivity contribution in [3.8, 4) is 0 Å². The Labute approximate surface area is 122 Å². The van der Waals surface area contributed by atoms with Crippen LogP contribution in [0.5, 0.6) is 0 Å². The molecule has 0 aromatic carbocycles. The first-order valence-electron chi connectivity index (χ1n) is 7.98. The normalized spacial score (nSPS) is 22.5. The topological polar surface area (TPSA) is 42.0 Å². The van der Waals surface area contributed by atoms with Gasteiger partial charge in [-0.2, -0.15) is 0 Å². The third-order valence-corrected chi connectivity index (χ3v) is 4.32. The summed E-state index contributed by atoms with van der Waals surface area (Å²) >= 11 is 0. The fraction of sp³-hybridized carbons (Fsp3) is 0.647. The number of carbonyl (C=O) groups is 1. The van der Waals surface area contributed by atoms with Gasteiger partial charge in [-0.05, 0) is 50.2 Å². The molecule has 20 heavy (non-hydrogen) atoms. The Balaban J connectivity index is 1.86. The van der Waals surface area contributed by atoms with Crippen LogP contribution in [0.3, 0.4) is 0 Å². The maximum atomic E-state index is 12.2. The number of rotatable bonds is 5. The monoisotopic (exact) mass is 274 g/mol. The summed E-state index contributed by atoms with van der Waals surface area (Å²) in [7, 11) is 0. The van der Waals surface area contributed by atoms with Gasteiger partial charge in [0, 0.05) is 23.5 Å². The first-order chi connectivity index (χ1) is 9.72. The minimum atomic E-state index is 0.0565. The molecule has 2 rings (SSSR count). The van der Waals surface area contributed by atoms with Gasteiger partial charge < -0.3 is 5.32 Å². The lowest BCUT2D eigenvalue weighted by Crippen LogP contribution is -2.37. The third-order valence-electron chi connectivity index (χ3n) is 4.32. The lowest BCUT2D eigenvalue weighted by molar-refractivity contribution is 0.0921. The lowest BCUT2D eigenvalue weighted by Gasteiger charge is -2.29. The molecule has 0 bridgehead atoms. The summed E-state index contributed by atoms with van der Waals surface area (Å²) in [4.78, 5) is 16.5. The molecule has 0 aliphatic heterocycles. The van der Waals surface area contributed by atoms with Crippen LogP contribution < -0.4 is 5.32 Å². The van der Waals surface area contributed by atoms with E-state index in [1.165, 1.54) is 25.7 Å². The van der Waals surface area contributed by atoms with Crippen molar-refractivity contribution in [2.45, 2.75) is 64.8 Å². The Morgan fingerprint density at radius 3 is 2.70 bits per heavy atom. The van der Waals surface area contributed by atoms with Gasteiger partial charge in [-0.3, -0.25) is 9.78 Å². The average Bonchev–Trinajstić information content (AvgIpc) is 2.49. The molecule has 1 aromatic heterocycles. The predicted molar refractivity (Wildman–Crippen MR) is 81.7 cm³/mol. The molecule has 0 atom stereocenters. The van der Waals surface area contributed by atoms with Gasteiger partial charge in [0.15, 0.2) is 0 Å². The number of aryl methyl sites for hydroxylation is 1. The largest absolute Gasteiger partial charge is 0.349 e. The highest BCUT2D eigenvalue weighted by Gasteiger charge is 2.22. The zero-order chi connectivity index (χ0) is 14.4. The summed E-state index contributed by atoms with van der Waals surface area (Å²) in [6, 6.07) is 4.06. The highest BCUT2D eigenvalue weighted by atomic mass is 16.1. The Morgan fingerprint density at radius 2 is 2.05 bits per heavy atom. The first-order valence-corrected chi connectivity index (χ1v) is 7.98. The molecule has 0 saturated heterocycles. The molecule has 1 aliphatic rings. The van der Waals surface area contributed by atoms with Crippen molar-refractivity contribution in [2.24, 2.45) is 5.92 Å². The maximum absolute atomic E-state index is 12.2. The molecule has 0 unspecified atom stereocenters. The molecule has 1 heterocycles. The van der Waals surface area contributed by atoms with Crippen LogP contribution >= 0.6 is 0 Å². The van der Waals surface area contributed by atoms with E-state index in [9.17, 15) is 4.79 Å². The number of amides is 1. The van der Waals surface area contributed by atoms with E-state index in [2.05, 4.69) is 24.1 Å². The number of pyridine rings is 1. The van der Waals surface area contributed by atoms with Crippen molar-refractivity contribution < 1.29 is 4.79 Å². The van der Waals surface area contributed by atoms with Gasteiger partial charge in [0.25, 0.3) is 5.91 Å². The summed E-state index contributed by atoms with van der Waals surface area (Å²) in [6.07, 6.45) is 9.98. The van der Waals surface area contributed by atoms with Crippen LogP contribution in [0.25, 0.3) is 0 Å². The molecular formula is C17H26N2O. The second-order valence-electron chi connectivity index (χ2n) is 5.87. The van der Waals surface area contributed by atoms with Crippen molar-refractivity contribution in [3.63, 3.8) is 0 Å². The van der Waals surface area contributed by atoms with Gasteiger partial charge in [0.2, 0.25) is 0 Å². The molecule has 3 nitrogen and oxygen atoms in total. The smallest absolute Gasteiger partial charge is 0.251 e. The van der Waals surface area contributed by atoms with Gasteiger partial charge in [-0.1, -0.05) is 26.7 Å². The molecule has 3 heteroatoms. The zero-order valence-electron chi connectivity index (χ0n) is 12.7. The van der Waals surface area contributed by atoms with Gasteiger partial charge in [0.1, 0.15) is 0 Å². The molecule has 0 radical (unpaired) electrons. The van der Waals surface area contributed by atoms with Crippen molar-refractivity contribution >= 4 is 5.91 Å². The second kappa shape index (κ2) is 7.41. The van der Waals surface area contributed by atoms with Gasteiger partial charge in [0.05, 0.1) is 0 Å². The molecule has 1 saturated carbocycles. The van der Waals surface area contributed by atoms with Crippen LogP contribution in [0.2, 0.25) is 0 Å². The van der Waals surface area contributed by atoms with Crippen LogP contribution in [0.15, 0.2) is 18.3 Å². The van der Waals surface area contributed by atoms with E-state index in [-0.39, 0.29) is 5.91 Å². The van der Waals surface area contributed by atoms with Crippen molar-refractivity contribution in [1.82, 2.24) is 10.3 Å². The van der Waals surface area contributed by atoms with E-state index in [1.54, 1.807) is 12.3 Å². The van der Waals surface area contributed by atoms with E-state index in [4.69, 9.17) is 0 Å². The predicted octanol–water partition coefficient (Wildman–Crippen LogP) is 3.73. The van der Waals surface area contributed by atoms with E-state index in [0.717, 1.165) is 36.4 Å². The fourth-order valence-corrected chi connectivity index (χ4v) is 3.09. The maximum Gasteiger partial charge on any atom is 0.251 e. The summed E-state index contributed by atoms with van der Waals surface area (Å²) in [6.45, 7) is 4.31. The van der Waals surface area contributed by atoms with E-state index in [0.29, 0.717) is 6.04 Å². The van der Waals surface area contributed by atoms with Crippen LogP contribution in [-0.4, -0.2) is 16.9 Å². The Hall–Kier alpha value is -1.38. The lowest BCUT2D eigenvalue weighted by atomic mass is 9.83. The molecule has 110 valence electrons. The number of nitrogens with one attached hydrogen (secondary N) is 1. The summed E-state index contributed by atoms with van der Waals surface area (Å²) in [5.41, 5.74) is 1.72. The van der Waals surface area contributed by atoms with Crippen molar-refractivity contribution in [1.29, 1.82) is 0 Å². The van der Waals surface area contributed by atoms with Crippen molar-refractivity contribution in [3.05, 3.63) is 29.6 Å². The third kappa shape index (κ3) is 4.06. The fourth-order valence-electron chi connectivity index (χ4n) is 3.09. The SMILES string of the molecule is CCCC1CCC(NC(=O)c2ccnc(CC)c2)CC1. The van der Waals surface area contributed by atoms with Crippen LogP contribution in [0, 0.1) is 5.92 Å². The Bertz CT molecular complexity index is 436. The molecule has 1 aromatic rings. The summed E-state index contributed by atoms with van der Waals surface area (Å²) < 4.78 is 0. The molecular weight excluding hydrogens is 248 g/mol. The van der Waals surface area contributed by atoms with Gasteiger partial charge >= 0.3 is 0 Å². The number of hydrogen-bond acceptors (Lipinski definition) is 2. The second-order valence-corrected chi connectivity index (χ2v) is 5.87. The first kappa shape index (κ1) is 15.0. The molecule has 1 fully saturated rings. The van der Waals surface area contributed by atoms with Crippen molar-refractivity contribution in [2.75, 3.05) is 0 Å². The quantitative estimate of drug-likeness (QED) is 0.889. The van der Waals surface area contributed by atoms with Gasteiger partial charge in [-0.15, -0.1) is 0 Å². The Kier molecular flexibility index (Phi) is 5.57. The highest BCUT2D eigenvalue weighted by Crippen LogP contribution is 2.27. The number of aromatic nitrogens is 1.